The highest BCUT2D eigenvalue weighted by atomic mass is 127. The smallest absolute Gasteiger partial charge is 0.274 e. The van der Waals surface area contributed by atoms with E-state index in [4.69, 9.17) is 25.8 Å². The molecule has 0 N–H and O–H groups in total. The van der Waals surface area contributed by atoms with Gasteiger partial charge in [-0.3, -0.25) is 9.78 Å². The first-order valence-electron chi connectivity index (χ1n) is 11.9. The minimum absolute atomic E-state index is 0.0302. The van der Waals surface area contributed by atoms with Crippen LogP contribution in [0.5, 0.6) is 17.4 Å². The van der Waals surface area contributed by atoms with Crippen molar-refractivity contribution in [2.45, 2.75) is 16.7 Å². The summed E-state index contributed by atoms with van der Waals surface area (Å²) in [7, 11) is -1.64. The first-order chi connectivity index (χ1) is 19.2. The van der Waals surface area contributed by atoms with E-state index in [0.29, 0.717) is 11.3 Å². The molecule has 2 aromatic carbocycles. The number of carbonyl (C=O) groups excluding carboxylic acids is 1. The molecule has 9 nitrogen and oxygen atoms in total. The van der Waals surface area contributed by atoms with Crippen molar-refractivity contribution in [3.05, 3.63) is 100 Å². The van der Waals surface area contributed by atoms with Gasteiger partial charge >= 0.3 is 0 Å². The molecular formula is C28H25ClIN3O6S. The summed E-state index contributed by atoms with van der Waals surface area (Å²) in [6, 6.07) is 18.1. The second-order valence-corrected chi connectivity index (χ2v) is 11.8. The number of rotatable bonds is 7. The number of hydrogen-bond acceptors (Lipinski definition) is 8. The van der Waals surface area contributed by atoms with Crippen LogP contribution >= 0.6 is 34.2 Å². The van der Waals surface area contributed by atoms with Crippen molar-refractivity contribution in [3.8, 4) is 17.4 Å². The van der Waals surface area contributed by atoms with Crippen LogP contribution in [0.2, 0.25) is 0 Å². The summed E-state index contributed by atoms with van der Waals surface area (Å²) in [5.74, 6) is -0.276. The maximum absolute atomic E-state index is 14.0. The summed E-state index contributed by atoms with van der Waals surface area (Å²) in [5, 5.41) is 0. The minimum atomic E-state index is -4.43. The maximum atomic E-state index is 14.0. The van der Waals surface area contributed by atoms with Crippen molar-refractivity contribution in [2.75, 3.05) is 25.1 Å². The van der Waals surface area contributed by atoms with E-state index in [1.807, 2.05) is 18.2 Å². The van der Waals surface area contributed by atoms with Gasteiger partial charge in [-0.2, -0.15) is 0 Å². The molecule has 0 saturated carbocycles. The maximum Gasteiger partial charge on any atom is 0.274 e. The number of sulfonamides is 1. The summed E-state index contributed by atoms with van der Waals surface area (Å²) in [6.45, 7) is 2.06. The molecule has 1 unspecified atom stereocenters. The number of pyridine rings is 2. The lowest BCUT2D eigenvalue weighted by atomic mass is 9.92. The molecule has 1 aliphatic rings. The van der Waals surface area contributed by atoms with Crippen LogP contribution in [0.15, 0.2) is 90.2 Å². The number of amides is 1. The Balaban J connectivity index is 0.000000546. The average molecular weight is 694 g/mol. The van der Waals surface area contributed by atoms with Gasteiger partial charge in [0.05, 0.1) is 26.5 Å². The molecule has 0 radical (unpaired) electrons. The number of nitrogens with zero attached hydrogens (tertiary/aromatic N) is 3. The zero-order valence-corrected chi connectivity index (χ0v) is 25.5. The number of fused-ring (bicyclic) bond motifs is 1. The highest BCUT2D eigenvalue weighted by Crippen LogP contribution is 2.53. The van der Waals surface area contributed by atoms with E-state index in [-0.39, 0.29) is 34.4 Å². The largest absolute Gasteiger partial charge is 0.497 e. The molecule has 1 aliphatic heterocycles. The number of hydrogen-bond donors (Lipinski definition) is 0. The number of methoxy groups -OCH3 is 2. The van der Waals surface area contributed by atoms with E-state index in [1.54, 1.807) is 49.6 Å². The van der Waals surface area contributed by atoms with Crippen molar-refractivity contribution < 1.29 is 27.4 Å². The van der Waals surface area contributed by atoms with E-state index in [1.165, 1.54) is 38.6 Å². The normalized spacial score (nSPS) is 16.0. The molecule has 0 saturated heterocycles. The number of ether oxygens (including phenoxy) is 3. The van der Waals surface area contributed by atoms with E-state index in [2.05, 4.69) is 32.6 Å². The molecule has 2 aromatic heterocycles. The summed E-state index contributed by atoms with van der Waals surface area (Å²) < 4.78 is 45.3. The Morgan fingerprint density at radius 3 is 2.30 bits per heavy atom. The average Bonchev–Trinajstić information content (AvgIpc) is 3.21. The van der Waals surface area contributed by atoms with Crippen LogP contribution in [0.3, 0.4) is 0 Å². The van der Waals surface area contributed by atoms with Gasteiger partial charge in [0.25, 0.3) is 15.9 Å². The van der Waals surface area contributed by atoms with E-state index >= 15 is 0 Å². The van der Waals surface area contributed by atoms with Crippen LogP contribution in [0.25, 0.3) is 0 Å². The molecular weight excluding hydrogens is 669 g/mol. The second kappa shape index (κ2) is 12.4. The Labute approximate surface area is 251 Å². The van der Waals surface area contributed by atoms with Crippen LogP contribution in [0.4, 0.5) is 5.69 Å². The minimum Gasteiger partial charge on any atom is -0.497 e. The van der Waals surface area contributed by atoms with Gasteiger partial charge in [-0.25, -0.2) is 17.7 Å². The van der Waals surface area contributed by atoms with Crippen molar-refractivity contribution in [1.82, 2.24) is 9.97 Å². The topological polar surface area (TPSA) is 108 Å². The van der Waals surface area contributed by atoms with Gasteiger partial charge in [0.2, 0.25) is 5.88 Å². The standard InChI is InChI=1S/C23H20ClIN2O6S.C5H5N/c1-4-33-21-16(6-5-11-26-21)23(24)17-12-14(25)7-9-18(17)27(22(23)28)34(29,30)20-10-8-15(31-2)13-19(20)32-3;1-2-4-6-5-3-1/h5-13H,4H2,1-3H3;1-5H. The van der Waals surface area contributed by atoms with Gasteiger partial charge in [-0.05, 0) is 84.1 Å². The Kier molecular flexibility index (Phi) is 9.16. The Morgan fingerprint density at radius 1 is 0.950 bits per heavy atom. The van der Waals surface area contributed by atoms with Gasteiger partial charge in [-0.15, -0.1) is 0 Å². The Hall–Kier alpha value is -3.42. The molecule has 3 heterocycles. The molecule has 208 valence electrons. The summed E-state index contributed by atoms with van der Waals surface area (Å²) in [5.41, 5.74) is 0.715. The molecule has 4 aromatic rings. The Morgan fingerprint density at radius 2 is 1.70 bits per heavy atom. The van der Waals surface area contributed by atoms with Gasteiger partial charge in [-0.1, -0.05) is 17.7 Å². The van der Waals surface area contributed by atoms with Crippen LogP contribution in [-0.4, -0.2) is 45.1 Å². The third kappa shape index (κ3) is 5.45. The van der Waals surface area contributed by atoms with E-state index < -0.39 is 20.8 Å². The molecule has 0 spiro atoms. The van der Waals surface area contributed by atoms with Crippen molar-refractivity contribution in [3.63, 3.8) is 0 Å². The number of carbonyl (C=O) groups is 1. The van der Waals surface area contributed by atoms with Crippen LogP contribution in [-0.2, 0) is 19.7 Å². The summed E-state index contributed by atoms with van der Waals surface area (Å²) >= 11 is 9.15. The second-order valence-electron chi connectivity index (χ2n) is 8.23. The SMILES string of the molecule is CCOc1ncccc1C1(Cl)C(=O)N(S(=O)(=O)c2ccc(OC)cc2OC)c2ccc(I)cc21.c1ccncc1. The van der Waals surface area contributed by atoms with Gasteiger partial charge < -0.3 is 14.2 Å². The summed E-state index contributed by atoms with van der Waals surface area (Å²) in [6.07, 6.45) is 5.01. The van der Waals surface area contributed by atoms with Crippen molar-refractivity contribution in [1.29, 1.82) is 0 Å². The molecule has 40 heavy (non-hydrogen) atoms. The fourth-order valence-corrected chi connectivity index (χ4v) is 6.66. The fraction of sp³-hybridized carbons (Fsp3) is 0.179. The number of benzene rings is 2. The third-order valence-corrected chi connectivity index (χ3v) is 8.88. The lowest BCUT2D eigenvalue weighted by Gasteiger charge is -2.24. The quantitative estimate of drug-likeness (QED) is 0.187. The monoisotopic (exact) mass is 693 g/mol. The Bertz CT molecular complexity index is 1600. The van der Waals surface area contributed by atoms with Crippen molar-refractivity contribution in [2.24, 2.45) is 0 Å². The number of halogens is 2. The number of alkyl halides is 1. The fourth-order valence-electron chi connectivity index (χ4n) is 4.13. The summed E-state index contributed by atoms with van der Waals surface area (Å²) in [4.78, 5) is 19.9. The molecule has 12 heteroatoms. The number of aromatic nitrogens is 2. The molecule has 0 bridgehead atoms. The molecule has 1 amide bonds. The van der Waals surface area contributed by atoms with E-state index in [0.717, 1.165) is 7.88 Å². The molecule has 0 aliphatic carbocycles. The van der Waals surface area contributed by atoms with Crippen LogP contribution in [0, 0.1) is 3.57 Å². The first kappa shape index (κ1) is 29.6. The first-order valence-corrected chi connectivity index (χ1v) is 14.8. The van der Waals surface area contributed by atoms with Crippen molar-refractivity contribution >= 4 is 55.8 Å². The predicted octanol–water partition coefficient (Wildman–Crippen LogP) is 5.40. The zero-order chi connectivity index (χ0) is 28.9. The zero-order valence-electron chi connectivity index (χ0n) is 21.7. The molecule has 0 fully saturated rings. The van der Waals surface area contributed by atoms with Crippen LogP contribution in [0.1, 0.15) is 18.1 Å². The van der Waals surface area contributed by atoms with Crippen LogP contribution < -0.4 is 18.5 Å². The van der Waals surface area contributed by atoms with E-state index in [9.17, 15) is 13.2 Å². The van der Waals surface area contributed by atoms with Gasteiger partial charge in [0.15, 0.2) is 4.87 Å². The highest BCUT2D eigenvalue weighted by molar-refractivity contribution is 14.1. The van der Waals surface area contributed by atoms with Gasteiger partial charge in [0.1, 0.15) is 16.4 Å². The lowest BCUT2D eigenvalue weighted by molar-refractivity contribution is -0.118. The lowest BCUT2D eigenvalue weighted by Crippen LogP contribution is -2.41. The third-order valence-electron chi connectivity index (χ3n) is 5.91. The number of anilines is 1. The molecule has 1 atom stereocenters. The predicted molar refractivity (Wildman–Crippen MR) is 160 cm³/mol. The molecule has 5 rings (SSSR count). The highest BCUT2D eigenvalue weighted by Gasteiger charge is 2.57. The van der Waals surface area contributed by atoms with Gasteiger partial charge in [0, 0.05) is 39.4 Å².